The molecule has 1 heterocycles. The third-order valence-electron chi connectivity index (χ3n) is 3.95. The normalized spacial score (nSPS) is 15.2. The van der Waals surface area contributed by atoms with Crippen molar-refractivity contribution in [1.29, 1.82) is 0 Å². The summed E-state index contributed by atoms with van der Waals surface area (Å²) in [6, 6.07) is 15.9. The van der Waals surface area contributed by atoms with Crippen LogP contribution in [-0.2, 0) is 0 Å². The van der Waals surface area contributed by atoms with Gasteiger partial charge in [0.05, 0.1) is 32.1 Å². The van der Waals surface area contributed by atoms with Crippen molar-refractivity contribution in [2.45, 2.75) is 0 Å². The van der Waals surface area contributed by atoms with Gasteiger partial charge in [-0.3, -0.25) is 5.01 Å². The van der Waals surface area contributed by atoms with Crippen molar-refractivity contribution in [3.63, 3.8) is 0 Å². The highest BCUT2D eigenvalue weighted by atomic mass is 35.5. The maximum Gasteiger partial charge on any atom is 0.142 e. The van der Waals surface area contributed by atoms with Crippen molar-refractivity contribution >= 4 is 23.5 Å². The molecule has 3 rings (SSSR count). The Bertz CT molecular complexity index is 681. The molecule has 0 saturated carbocycles. The number of hydrogen-bond acceptors (Lipinski definition) is 4. The minimum absolute atomic E-state index is 0.726. The first-order valence-electron chi connectivity index (χ1n) is 7.69. The van der Waals surface area contributed by atoms with Gasteiger partial charge in [0.2, 0.25) is 0 Å². The van der Waals surface area contributed by atoms with Crippen molar-refractivity contribution in [3.05, 3.63) is 59.1 Å². The van der Waals surface area contributed by atoms with Crippen LogP contribution >= 0.6 is 11.6 Å². The molecule has 1 aliphatic heterocycles. The van der Waals surface area contributed by atoms with Crippen LogP contribution in [0.1, 0.15) is 5.56 Å². The first kappa shape index (κ1) is 15.7. The highest BCUT2D eigenvalue weighted by molar-refractivity contribution is 6.33. The molecule has 0 unspecified atom stereocenters. The van der Waals surface area contributed by atoms with E-state index in [-0.39, 0.29) is 0 Å². The molecule has 1 saturated heterocycles. The Labute approximate surface area is 141 Å². The Balaban J connectivity index is 1.61. The van der Waals surface area contributed by atoms with E-state index in [0.717, 1.165) is 48.2 Å². The van der Waals surface area contributed by atoms with E-state index in [9.17, 15) is 0 Å². The zero-order valence-corrected chi connectivity index (χ0v) is 13.9. The van der Waals surface area contributed by atoms with E-state index in [1.54, 1.807) is 7.11 Å². The van der Waals surface area contributed by atoms with Gasteiger partial charge in [0, 0.05) is 23.7 Å². The molecule has 1 fully saturated rings. The van der Waals surface area contributed by atoms with Gasteiger partial charge in [-0.1, -0.05) is 41.9 Å². The molecule has 1 aliphatic rings. The molecule has 0 aromatic heterocycles. The second kappa shape index (κ2) is 7.38. The monoisotopic (exact) mass is 329 g/mol. The maximum atomic E-state index is 6.15. The van der Waals surface area contributed by atoms with Gasteiger partial charge in [-0.2, -0.15) is 5.10 Å². The molecule has 0 amide bonds. The van der Waals surface area contributed by atoms with Crippen LogP contribution in [0.3, 0.4) is 0 Å². The summed E-state index contributed by atoms with van der Waals surface area (Å²) in [6.07, 6.45) is 1.83. The summed E-state index contributed by atoms with van der Waals surface area (Å²) in [5.41, 5.74) is 2.09. The summed E-state index contributed by atoms with van der Waals surface area (Å²) in [4.78, 5) is 2.33. The lowest BCUT2D eigenvalue weighted by molar-refractivity contribution is 0.271. The number of anilines is 1. The van der Waals surface area contributed by atoms with Crippen molar-refractivity contribution in [1.82, 2.24) is 5.01 Å². The summed E-state index contributed by atoms with van der Waals surface area (Å²) in [7, 11) is 1.71. The smallest absolute Gasteiger partial charge is 0.142 e. The van der Waals surface area contributed by atoms with Crippen molar-refractivity contribution in [3.8, 4) is 5.75 Å². The van der Waals surface area contributed by atoms with Gasteiger partial charge in [0.25, 0.3) is 0 Å². The fourth-order valence-electron chi connectivity index (χ4n) is 2.67. The Morgan fingerprint density at radius 1 is 1.00 bits per heavy atom. The van der Waals surface area contributed by atoms with Crippen LogP contribution in [0.2, 0.25) is 5.02 Å². The molecule has 5 heteroatoms. The van der Waals surface area contributed by atoms with Gasteiger partial charge >= 0.3 is 0 Å². The molecular weight excluding hydrogens is 310 g/mol. The zero-order chi connectivity index (χ0) is 16.1. The van der Waals surface area contributed by atoms with Crippen LogP contribution in [-0.4, -0.2) is 44.5 Å². The summed E-state index contributed by atoms with van der Waals surface area (Å²) < 4.78 is 5.44. The van der Waals surface area contributed by atoms with E-state index in [2.05, 4.69) is 21.1 Å². The average molecular weight is 330 g/mol. The maximum absolute atomic E-state index is 6.15. The highest BCUT2D eigenvalue weighted by Crippen LogP contribution is 2.28. The first-order chi connectivity index (χ1) is 11.3. The number of piperazine rings is 1. The van der Waals surface area contributed by atoms with Crippen molar-refractivity contribution in [2.75, 3.05) is 38.2 Å². The molecule has 0 N–H and O–H groups in total. The first-order valence-corrected chi connectivity index (χ1v) is 8.07. The van der Waals surface area contributed by atoms with Crippen LogP contribution in [0.4, 0.5) is 5.69 Å². The van der Waals surface area contributed by atoms with Crippen LogP contribution < -0.4 is 9.64 Å². The molecule has 120 valence electrons. The second-order valence-electron chi connectivity index (χ2n) is 5.38. The third kappa shape index (κ3) is 3.77. The highest BCUT2D eigenvalue weighted by Gasteiger charge is 2.18. The van der Waals surface area contributed by atoms with Crippen LogP contribution in [0.15, 0.2) is 53.6 Å². The van der Waals surface area contributed by atoms with E-state index in [4.69, 9.17) is 16.3 Å². The SMILES string of the molecule is COc1ccccc1N1CCN(N=Cc2ccccc2Cl)CC1. The number of methoxy groups -OCH3 is 1. The molecular formula is C18H20ClN3O. The lowest BCUT2D eigenvalue weighted by Gasteiger charge is -2.35. The summed E-state index contributed by atoms with van der Waals surface area (Å²) in [5.74, 6) is 0.917. The number of ether oxygens (including phenoxy) is 1. The van der Waals surface area contributed by atoms with Gasteiger partial charge in [0.15, 0.2) is 0 Å². The lowest BCUT2D eigenvalue weighted by Crippen LogP contribution is -2.44. The zero-order valence-electron chi connectivity index (χ0n) is 13.2. The Morgan fingerprint density at radius 3 is 2.43 bits per heavy atom. The molecule has 2 aromatic carbocycles. The van der Waals surface area contributed by atoms with E-state index < -0.39 is 0 Å². The standard InChI is InChI=1S/C18H20ClN3O/c1-23-18-9-5-4-8-17(18)21-10-12-22(13-11-21)20-14-15-6-2-3-7-16(15)19/h2-9,14H,10-13H2,1H3. The van der Waals surface area contributed by atoms with E-state index >= 15 is 0 Å². The number of nitrogens with zero attached hydrogens (tertiary/aromatic N) is 3. The predicted molar refractivity (Wildman–Crippen MR) is 95.8 cm³/mol. The number of benzene rings is 2. The van der Waals surface area contributed by atoms with Crippen LogP contribution in [0.25, 0.3) is 0 Å². The van der Waals surface area contributed by atoms with E-state index in [1.165, 1.54) is 0 Å². The quantitative estimate of drug-likeness (QED) is 0.804. The molecule has 23 heavy (non-hydrogen) atoms. The fourth-order valence-corrected chi connectivity index (χ4v) is 2.85. The van der Waals surface area contributed by atoms with Gasteiger partial charge in [-0.05, 0) is 18.2 Å². The largest absolute Gasteiger partial charge is 0.495 e. The molecule has 0 spiro atoms. The number of halogens is 1. The molecule has 0 atom stereocenters. The molecule has 2 aromatic rings. The second-order valence-corrected chi connectivity index (χ2v) is 5.79. The summed E-state index contributed by atoms with van der Waals surface area (Å²) in [5, 5.41) is 7.36. The average Bonchev–Trinajstić information content (AvgIpc) is 2.61. The van der Waals surface area contributed by atoms with E-state index in [1.807, 2.05) is 48.7 Å². The molecule has 4 nitrogen and oxygen atoms in total. The van der Waals surface area contributed by atoms with Crippen molar-refractivity contribution < 1.29 is 4.74 Å². The Hall–Kier alpha value is -2.20. The van der Waals surface area contributed by atoms with E-state index in [0.29, 0.717) is 0 Å². The number of para-hydroxylation sites is 2. The summed E-state index contributed by atoms with van der Waals surface area (Å²) in [6.45, 7) is 3.58. The minimum Gasteiger partial charge on any atom is -0.495 e. The van der Waals surface area contributed by atoms with Crippen molar-refractivity contribution in [2.24, 2.45) is 5.10 Å². The number of rotatable bonds is 4. The van der Waals surface area contributed by atoms with Crippen LogP contribution in [0.5, 0.6) is 5.75 Å². The number of hydrazone groups is 1. The Kier molecular flexibility index (Phi) is 5.03. The summed E-state index contributed by atoms with van der Waals surface area (Å²) >= 11 is 6.15. The van der Waals surface area contributed by atoms with Crippen LogP contribution in [0, 0.1) is 0 Å². The molecule has 0 radical (unpaired) electrons. The Morgan fingerprint density at radius 2 is 1.70 bits per heavy atom. The lowest BCUT2D eigenvalue weighted by atomic mass is 10.2. The van der Waals surface area contributed by atoms with Gasteiger partial charge in [0.1, 0.15) is 5.75 Å². The van der Waals surface area contributed by atoms with Gasteiger partial charge in [-0.25, -0.2) is 0 Å². The van der Waals surface area contributed by atoms with Gasteiger partial charge < -0.3 is 9.64 Å². The minimum atomic E-state index is 0.726. The third-order valence-corrected chi connectivity index (χ3v) is 4.29. The molecule has 0 aliphatic carbocycles. The fraction of sp³-hybridized carbons (Fsp3) is 0.278. The topological polar surface area (TPSA) is 28.1 Å². The molecule has 0 bridgehead atoms. The predicted octanol–water partition coefficient (Wildman–Crippen LogP) is 3.50. The van der Waals surface area contributed by atoms with Gasteiger partial charge in [-0.15, -0.1) is 0 Å². The number of hydrogen-bond donors (Lipinski definition) is 0.